The van der Waals surface area contributed by atoms with Crippen molar-refractivity contribution in [3.63, 3.8) is 0 Å². The van der Waals surface area contributed by atoms with E-state index in [-0.39, 0.29) is 11.9 Å². The first-order valence-corrected chi connectivity index (χ1v) is 7.00. The van der Waals surface area contributed by atoms with Gasteiger partial charge < -0.3 is 10.1 Å². The minimum absolute atomic E-state index is 0.00144. The van der Waals surface area contributed by atoms with Gasteiger partial charge in [-0.05, 0) is 26.0 Å². The molecule has 2 rings (SSSR count). The Hall–Kier alpha value is -2.30. The number of aryl methyl sites for hydroxylation is 1. The zero-order valence-electron chi connectivity index (χ0n) is 12.7. The van der Waals surface area contributed by atoms with Gasteiger partial charge in [0.05, 0.1) is 18.8 Å². The van der Waals surface area contributed by atoms with Gasteiger partial charge in [-0.15, -0.1) is 0 Å². The van der Waals surface area contributed by atoms with Gasteiger partial charge >= 0.3 is 0 Å². The van der Waals surface area contributed by atoms with Crippen LogP contribution in [0, 0.1) is 6.92 Å². The van der Waals surface area contributed by atoms with Gasteiger partial charge in [-0.1, -0.05) is 18.2 Å². The van der Waals surface area contributed by atoms with Gasteiger partial charge in [-0.25, -0.2) is 0 Å². The number of hydrogen-bond acceptors (Lipinski definition) is 3. The largest absolute Gasteiger partial charge is 0.496 e. The third kappa shape index (κ3) is 4.08. The van der Waals surface area contributed by atoms with E-state index in [4.69, 9.17) is 4.74 Å². The average molecular weight is 287 g/mol. The van der Waals surface area contributed by atoms with Crippen LogP contribution in [0.1, 0.15) is 30.6 Å². The molecular formula is C16H21N3O2. The van der Waals surface area contributed by atoms with Crippen LogP contribution in [0.4, 0.5) is 0 Å². The van der Waals surface area contributed by atoms with Crippen molar-refractivity contribution in [1.29, 1.82) is 0 Å². The van der Waals surface area contributed by atoms with E-state index in [0.717, 1.165) is 17.0 Å². The highest BCUT2D eigenvalue weighted by molar-refractivity contribution is 5.76. The summed E-state index contributed by atoms with van der Waals surface area (Å²) in [7, 11) is 1.63. The number of nitrogens with zero attached hydrogens (tertiary/aromatic N) is 2. The number of para-hydroxylation sites is 1. The van der Waals surface area contributed by atoms with E-state index >= 15 is 0 Å². The summed E-state index contributed by atoms with van der Waals surface area (Å²) in [5.74, 6) is 0.787. The minimum Gasteiger partial charge on any atom is -0.496 e. The Labute approximate surface area is 124 Å². The van der Waals surface area contributed by atoms with Crippen molar-refractivity contribution in [2.45, 2.75) is 32.9 Å². The van der Waals surface area contributed by atoms with E-state index in [1.807, 2.05) is 55.1 Å². The standard InChI is InChI=1S/C16H21N3O2/c1-12-8-9-19(18-12)13(2)10-16(20)17-11-14-6-4-5-7-15(14)21-3/h4-9,13H,10-11H2,1-3H3,(H,17,20)/t13-/m0/s1. The molecule has 5 heteroatoms. The van der Waals surface area contributed by atoms with Crippen LogP contribution in [0.15, 0.2) is 36.5 Å². The predicted octanol–water partition coefficient (Wildman–Crippen LogP) is 2.47. The molecule has 0 aliphatic carbocycles. The molecule has 0 radical (unpaired) electrons. The van der Waals surface area contributed by atoms with Crippen LogP contribution in [-0.2, 0) is 11.3 Å². The number of rotatable bonds is 6. The number of aromatic nitrogens is 2. The number of carbonyl (C=O) groups is 1. The van der Waals surface area contributed by atoms with Crippen LogP contribution < -0.4 is 10.1 Å². The van der Waals surface area contributed by atoms with Crippen molar-refractivity contribution < 1.29 is 9.53 Å². The fourth-order valence-corrected chi connectivity index (χ4v) is 2.16. The van der Waals surface area contributed by atoms with Gasteiger partial charge in [0, 0.05) is 24.7 Å². The number of amides is 1. The average Bonchev–Trinajstić information content (AvgIpc) is 2.92. The molecule has 0 aliphatic heterocycles. The van der Waals surface area contributed by atoms with Crippen LogP contribution in [0.5, 0.6) is 5.75 Å². The number of carbonyl (C=O) groups excluding carboxylic acids is 1. The Balaban J connectivity index is 1.87. The second-order valence-corrected chi connectivity index (χ2v) is 5.08. The third-order valence-electron chi connectivity index (χ3n) is 3.34. The van der Waals surface area contributed by atoms with Crippen molar-refractivity contribution in [1.82, 2.24) is 15.1 Å². The van der Waals surface area contributed by atoms with E-state index in [1.165, 1.54) is 0 Å². The van der Waals surface area contributed by atoms with Crippen LogP contribution in [0.2, 0.25) is 0 Å². The van der Waals surface area contributed by atoms with Crippen molar-refractivity contribution >= 4 is 5.91 Å². The van der Waals surface area contributed by atoms with Crippen molar-refractivity contribution in [3.8, 4) is 5.75 Å². The Kier molecular flexibility index (Phi) is 4.98. The highest BCUT2D eigenvalue weighted by Gasteiger charge is 2.12. The van der Waals surface area contributed by atoms with E-state index in [0.29, 0.717) is 13.0 Å². The maximum absolute atomic E-state index is 12.0. The molecule has 2 aromatic rings. The number of hydrogen-bond donors (Lipinski definition) is 1. The normalized spacial score (nSPS) is 12.0. The van der Waals surface area contributed by atoms with Crippen LogP contribution in [-0.4, -0.2) is 22.8 Å². The lowest BCUT2D eigenvalue weighted by Crippen LogP contribution is -2.25. The lowest BCUT2D eigenvalue weighted by molar-refractivity contribution is -0.122. The molecule has 1 aromatic carbocycles. The summed E-state index contributed by atoms with van der Waals surface area (Å²) in [4.78, 5) is 12.0. The second-order valence-electron chi connectivity index (χ2n) is 5.08. The summed E-state index contributed by atoms with van der Waals surface area (Å²) in [6.07, 6.45) is 2.30. The molecular weight excluding hydrogens is 266 g/mol. The maximum atomic E-state index is 12.0. The first-order valence-electron chi connectivity index (χ1n) is 7.00. The zero-order valence-corrected chi connectivity index (χ0v) is 12.7. The fraction of sp³-hybridized carbons (Fsp3) is 0.375. The molecule has 1 atom stereocenters. The summed E-state index contributed by atoms with van der Waals surface area (Å²) in [6.45, 7) is 4.38. The highest BCUT2D eigenvalue weighted by Crippen LogP contribution is 2.17. The second kappa shape index (κ2) is 6.92. The topological polar surface area (TPSA) is 56.1 Å². The summed E-state index contributed by atoms with van der Waals surface area (Å²) in [5.41, 5.74) is 1.92. The zero-order chi connectivity index (χ0) is 15.2. The molecule has 1 heterocycles. The Morgan fingerprint density at radius 1 is 1.38 bits per heavy atom. The minimum atomic E-state index is 0.00144. The summed E-state index contributed by atoms with van der Waals surface area (Å²) >= 11 is 0. The molecule has 0 saturated heterocycles. The molecule has 0 spiro atoms. The van der Waals surface area contributed by atoms with Gasteiger partial charge in [-0.2, -0.15) is 5.10 Å². The summed E-state index contributed by atoms with van der Waals surface area (Å²) in [5, 5.41) is 7.25. The molecule has 0 unspecified atom stereocenters. The lowest BCUT2D eigenvalue weighted by Gasteiger charge is -2.13. The first-order chi connectivity index (χ1) is 10.1. The van der Waals surface area contributed by atoms with E-state index in [9.17, 15) is 4.79 Å². The molecule has 1 aromatic heterocycles. The van der Waals surface area contributed by atoms with Crippen LogP contribution in [0.25, 0.3) is 0 Å². The third-order valence-corrected chi connectivity index (χ3v) is 3.34. The van der Waals surface area contributed by atoms with Gasteiger partial charge in [0.25, 0.3) is 0 Å². The first kappa shape index (κ1) is 15.1. The van der Waals surface area contributed by atoms with E-state index in [1.54, 1.807) is 7.11 Å². The number of ether oxygens (including phenoxy) is 1. The number of methoxy groups -OCH3 is 1. The van der Waals surface area contributed by atoms with Crippen LogP contribution >= 0.6 is 0 Å². The summed E-state index contributed by atoms with van der Waals surface area (Å²) in [6, 6.07) is 9.64. The Morgan fingerprint density at radius 3 is 2.81 bits per heavy atom. The predicted molar refractivity (Wildman–Crippen MR) is 81.1 cm³/mol. The molecule has 112 valence electrons. The van der Waals surface area contributed by atoms with Gasteiger partial charge in [0.1, 0.15) is 5.75 Å². The van der Waals surface area contributed by atoms with E-state index in [2.05, 4.69) is 10.4 Å². The lowest BCUT2D eigenvalue weighted by atomic mass is 10.2. The molecule has 0 saturated carbocycles. The Morgan fingerprint density at radius 2 is 2.14 bits per heavy atom. The molecule has 21 heavy (non-hydrogen) atoms. The quantitative estimate of drug-likeness (QED) is 0.888. The van der Waals surface area contributed by atoms with Crippen molar-refractivity contribution in [3.05, 3.63) is 47.8 Å². The SMILES string of the molecule is COc1ccccc1CNC(=O)C[C@H](C)n1ccc(C)n1. The smallest absolute Gasteiger partial charge is 0.222 e. The van der Waals surface area contributed by atoms with Gasteiger partial charge in [0.2, 0.25) is 5.91 Å². The highest BCUT2D eigenvalue weighted by atomic mass is 16.5. The van der Waals surface area contributed by atoms with Crippen molar-refractivity contribution in [2.75, 3.05) is 7.11 Å². The number of benzene rings is 1. The molecule has 1 N–H and O–H groups in total. The molecule has 0 fully saturated rings. The van der Waals surface area contributed by atoms with Crippen molar-refractivity contribution in [2.24, 2.45) is 0 Å². The monoisotopic (exact) mass is 287 g/mol. The Bertz CT molecular complexity index is 607. The maximum Gasteiger partial charge on any atom is 0.222 e. The van der Waals surface area contributed by atoms with Gasteiger partial charge in [0.15, 0.2) is 0 Å². The van der Waals surface area contributed by atoms with E-state index < -0.39 is 0 Å². The van der Waals surface area contributed by atoms with Crippen LogP contribution in [0.3, 0.4) is 0 Å². The molecule has 0 aliphatic rings. The van der Waals surface area contributed by atoms with Gasteiger partial charge in [-0.3, -0.25) is 9.48 Å². The number of nitrogens with one attached hydrogen (secondary N) is 1. The molecule has 1 amide bonds. The molecule has 5 nitrogen and oxygen atoms in total. The fourth-order valence-electron chi connectivity index (χ4n) is 2.16. The molecule has 0 bridgehead atoms. The summed E-state index contributed by atoms with van der Waals surface area (Å²) < 4.78 is 7.08.